The third-order valence-corrected chi connectivity index (χ3v) is 5.93. The van der Waals surface area contributed by atoms with Gasteiger partial charge in [0.1, 0.15) is 0 Å². The number of piperidine rings is 1. The van der Waals surface area contributed by atoms with Gasteiger partial charge in [0.25, 0.3) is 0 Å². The molecule has 124 valence electrons. The topological polar surface area (TPSA) is 38.3 Å². The number of nitrogens with one attached hydrogen (secondary N) is 1. The SMILES string of the molecule is COC(=O)c1ccc2c(c1)CCC21CC2(CCN1)CC(F)(F)C2. The molecule has 0 aromatic heterocycles. The monoisotopic (exact) mass is 321 g/mol. The lowest BCUT2D eigenvalue weighted by Crippen LogP contribution is -2.58. The molecule has 0 radical (unpaired) electrons. The van der Waals surface area contributed by atoms with Crippen LogP contribution in [0, 0.1) is 5.41 Å². The van der Waals surface area contributed by atoms with Crippen molar-refractivity contribution < 1.29 is 18.3 Å². The number of methoxy groups -OCH3 is 1. The van der Waals surface area contributed by atoms with Crippen LogP contribution in [0.25, 0.3) is 0 Å². The van der Waals surface area contributed by atoms with Crippen molar-refractivity contribution in [1.29, 1.82) is 0 Å². The number of alkyl halides is 2. The first-order chi connectivity index (χ1) is 10.9. The summed E-state index contributed by atoms with van der Waals surface area (Å²) in [5.74, 6) is -2.81. The molecule has 2 fully saturated rings. The van der Waals surface area contributed by atoms with Gasteiger partial charge in [0.15, 0.2) is 0 Å². The van der Waals surface area contributed by atoms with Crippen molar-refractivity contribution in [3.05, 3.63) is 34.9 Å². The normalized spacial score (nSPS) is 30.0. The van der Waals surface area contributed by atoms with Crippen molar-refractivity contribution >= 4 is 5.97 Å². The molecule has 0 bridgehead atoms. The molecule has 1 N–H and O–H groups in total. The highest BCUT2D eigenvalue weighted by atomic mass is 19.3. The summed E-state index contributed by atoms with van der Waals surface area (Å²) in [6.45, 7) is 0.786. The second-order valence-corrected chi connectivity index (χ2v) is 7.51. The van der Waals surface area contributed by atoms with Crippen LogP contribution in [0.2, 0.25) is 0 Å². The van der Waals surface area contributed by atoms with E-state index < -0.39 is 5.92 Å². The van der Waals surface area contributed by atoms with Crippen molar-refractivity contribution in [1.82, 2.24) is 5.32 Å². The Morgan fingerprint density at radius 1 is 1.22 bits per heavy atom. The largest absolute Gasteiger partial charge is 0.465 e. The van der Waals surface area contributed by atoms with Crippen LogP contribution in [0.3, 0.4) is 0 Å². The molecule has 3 nitrogen and oxygen atoms in total. The Hall–Kier alpha value is -1.49. The molecule has 1 heterocycles. The molecular weight excluding hydrogens is 300 g/mol. The number of benzene rings is 1. The smallest absolute Gasteiger partial charge is 0.337 e. The molecule has 0 amide bonds. The van der Waals surface area contributed by atoms with E-state index in [0.717, 1.165) is 37.8 Å². The minimum absolute atomic E-state index is 0.0268. The zero-order chi connectivity index (χ0) is 16.3. The molecule has 4 rings (SSSR count). The van der Waals surface area contributed by atoms with Crippen LogP contribution in [0.15, 0.2) is 18.2 Å². The van der Waals surface area contributed by atoms with Crippen molar-refractivity contribution in [2.45, 2.75) is 50.0 Å². The number of esters is 1. The summed E-state index contributed by atoms with van der Waals surface area (Å²) in [7, 11) is 1.38. The van der Waals surface area contributed by atoms with Gasteiger partial charge < -0.3 is 10.1 Å². The van der Waals surface area contributed by atoms with E-state index in [2.05, 4.69) is 5.32 Å². The summed E-state index contributed by atoms with van der Waals surface area (Å²) >= 11 is 0. The molecule has 1 atom stereocenters. The first-order valence-corrected chi connectivity index (χ1v) is 8.22. The lowest BCUT2D eigenvalue weighted by molar-refractivity contribution is -0.182. The number of hydrogen-bond acceptors (Lipinski definition) is 3. The molecule has 1 unspecified atom stereocenters. The van der Waals surface area contributed by atoms with Gasteiger partial charge in [0, 0.05) is 18.4 Å². The van der Waals surface area contributed by atoms with E-state index in [9.17, 15) is 13.6 Å². The maximum Gasteiger partial charge on any atom is 0.337 e. The van der Waals surface area contributed by atoms with Gasteiger partial charge in [0.05, 0.1) is 12.7 Å². The first kappa shape index (κ1) is 15.1. The Kier molecular flexibility index (Phi) is 3.12. The minimum atomic E-state index is -2.48. The van der Waals surface area contributed by atoms with E-state index in [0.29, 0.717) is 5.56 Å². The average Bonchev–Trinajstić information content (AvgIpc) is 2.82. The number of carbonyl (C=O) groups excluding carboxylic acids is 1. The van der Waals surface area contributed by atoms with E-state index in [4.69, 9.17) is 4.74 Å². The quantitative estimate of drug-likeness (QED) is 0.806. The number of rotatable bonds is 1. The molecule has 23 heavy (non-hydrogen) atoms. The molecule has 1 aromatic carbocycles. The zero-order valence-electron chi connectivity index (χ0n) is 13.3. The van der Waals surface area contributed by atoms with E-state index in [1.165, 1.54) is 12.7 Å². The number of carbonyl (C=O) groups is 1. The second kappa shape index (κ2) is 4.76. The van der Waals surface area contributed by atoms with Gasteiger partial charge in [-0.05, 0) is 60.9 Å². The van der Waals surface area contributed by atoms with Crippen LogP contribution in [0.4, 0.5) is 8.78 Å². The molecule has 1 aliphatic heterocycles. The third kappa shape index (κ3) is 2.28. The predicted octanol–water partition coefficient (Wildman–Crippen LogP) is 3.41. The number of aryl methyl sites for hydroxylation is 1. The second-order valence-electron chi connectivity index (χ2n) is 7.51. The molecule has 5 heteroatoms. The summed E-state index contributed by atoms with van der Waals surface area (Å²) in [5, 5.41) is 3.60. The number of hydrogen-bond donors (Lipinski definition) is 1. The van der Waals surface area contributed by atoms with E-state index >= 15 is 0 Å². The maximum absolute atomic E-state index is 13.4. The van der Waals surface area contributed by atoms with Crippen molar-refractivity contribution in [3.8, 4) is 0 Å². The van der Waals surface area contributed by atoms with Crippen LogP contribution in [0.5, 0.6) is 0 Å². The van der Waals surface area contributed by atoms with Gasteiger partial charge in [-0.3, -0.25) is 0 Å². The zero-order valence-corrected chi connectivity index (χ0v) is 13.3. The summed E-state index contributed by atoms with van der Waals surface area (Å²) in [6.07, 6.45) is 3.46. The highest BCUT2D eigenvalue weighted by molar-refractivity contribution is 5.89. The van der Waals surface area contributed by atoms with E-state index in [1.54, 1.807) is 6.07 Å². The number of halogens is 2. The van der Waals surface area contributed by atoms with E-state index in [1.807, 2.05) is 12.1 Å². The molecule has 1 aromatic rings. The Morgan fingerprint density at radius 2 is 2.00 bits per heavy atom. The van der Waals surface area contributed by atoms with Crippen molar-refractivity contribution in [2.24, 2.45) is 5.41 Å². The van der Waals surface area contributed by atoms with Crippen molar-refractivity contribution in [2.75, 3.05) is 13.7 Å². The van der Waals surface area contributed by atoms with E-state index in [-0.39, 0.29) is 29.8 Å². The lowest BCUT2D eigenvalue weighted by atomic mass is 9.56. The van der Waals surface area contributed by atoms with Crippen LogP contribution in [0.1, 0.15) is 53.6 Å². The van der Waals surface area contributed by atoms with Crippen LogP contribution >= 0.6 is 0 Å². The summed E-state index contributed by atoms with van der Waals surface area (Å²) in [6, 6.07) is 5.67. The van der Waals surface area contributed by atoms with Gasteiger partial charge in [-0.1, -0.05) is 6.07 Å². The fourth-order valence-corrected chi connectivity index (χ4v) is 5.07. The highest BCUT2D eigenvalue weighted by Crippen LogP contribution is 2.61. The fourth-order valence-electron chi connectivity index (χ4n) is 5.07. The predicted molar refractivity (Wildman–Crippen MR) is 81.6 cm³/mol. The van der Waals surface area contributed by atoms with Crippen LogP contribution in [-0.4, -0.2) is 25.5 Å². The maximum atomic E-state index is 13.4. The third-order valence-electron chi connectivity index (χ3n) is 5.93. The Bertz CT molecular complexity index is 665. The van der Waals surface area contributed by atoms with Gasteiger partial charge in [-0.15, -0.1) is 0 Å². The first-order valence-electron chi connectivity index (χ1n) is 8.22. The number of fused-ring (bicyclic) bond motifs is 2. The molecule has 2 aliphatic carbocycles. The highest BCUT2D eigenvalue weighted by Gasteiger charge is 2.60. The van der Waals surface area contributed by atoms with Gasteiger partial charge >= 0.3 is 5.97 Å². The summed E-state index contributed by atoms with van der Waals surface area (Å²) in [5.41, 5.74) is 2.47. The fraction of sp³-hybridized carbons (Fsp3) is 0.611. The standard InChI is InChI=1S/C18H21F2NO2/c1-23-15(22)13-2-3-14-12(8-13)4-5-17(14)9-16(6-7-21-17)10-18(19,20)11-16/h2-3,8,21H,4-7,9-11H2,1H3. The van der Waals surface area contributed by atoms with Gasteiger partial charge in [-0.2, -0.15) is 0 Å². The molecule has 1 saturated heterocycles. The minimum Gasteiger partial charge on any atom is -0.465 e. The molecule has 2 spiro atoms. The van der Waals surface area contributed by atoms with Crippen LogP contribution < -0.4 is 5.32 Å². The summed E-state index contributed by atoms with van der Waals surface area (Å²) < 4.78 is 31.7. The lowest BCUT2D eigenvalue weighted by Gasteiger charge is -2.55. The molecule has 1 saturated carbocycles. The Balaban J connectivity index is 1.64. The Morgan fingerprint density at radius 3 is 2.70 bits per heavy atom. The molecule has 3 aliphatic rings. The van der Waals surface area contributed by atoms with Gasteiger partial charge in [0.2, 0.25) is 5.92 Å². The van der Waals surface area contributed by atoms with Gasteiger partial charge in [-0.25, -0.2) is 13.6 Å². The number of ether oxygens (including phenoxy) is 1. The Labute approximate surface area is 134 Å². The van der Waals surface area contributed by atoms with Crippen molar-refractivity contribution in [3.63, 3.8) is 0 Å². The van der Waals surface area contributed by atoms with Crippen LogP contribution in [-0.2, 0) is 16.7 Å². The average molecular weight is 321 g/mol. The summed E-state index contributed by atoms with van der Waals surface area (Å²) in [4.78, 5) is 11.7. The molecular formula is C18H21F2NO2.